The third-order valence-electron chi connectivity index (χ3n) is 4.06. The number of imide groups is 1. The van der Waals surface area contributed by atoms with Gasteiger partial charge in [0.1, 0.15) is 11.6 Å². The van der Waals surface area contributed by atoms with Crippen LogP contribution in [0.15, 0.2) is 36.0 Å². The van der Waals surface area contributed by atoms with Gasteiger partial charge in [-0.25, -0.2) is 4.79 Å². The summed E-state index contributed by atoms with van der Waals surface area (Å²) in [6.45, 7) is 2.59. The van der Waals surface area contributed by atoms with Gasteiger partial charge in [-0.2, -0.15) is 5.26 Å². The number of unbranched alkanes of at least 4 members (excludes halogenated alkanes) is 1. The Bertz CT molecular complexity index is 877. The molecule has 1 fully saturated rings. The molecule has 2 rings (SSSR count). The smallest absolute Gasteiger partial charge is 0.340 e. The maximum absolute atomic E-state index is 12.4. The summed E-state index contributed by atoms with van der Waals surface area (Å²) in [7, 11) is 0. The fourth-order valence-corrected chi connectivity index (χ4v) is 3.19. The van der Waals surface area contributed by atoms with E-state index in [-0.39, 0.29) is 53.4 Å². The van der Waals surface area contributed by atoms with Gasteiger partial charge in [-0.1, -0.05) is 37.2 Å². The first-order chi connectivity index (χ1) is 14.5. The highest BCUT2D eigenvalue weighted by molar-refractivity contribution is 8.14. The molecule has 10 heteroatoms. The summed E-state index contributed by atoms with van der Waals surface area (Å²) >= 11 is 0.938. The summed E-state index contributed by atoms with van der Waals surface area (Å²) < 4.78 is 5.18. The van der Waals surface area contributed by atoms with Crippen LogP contribution in [0, 0.1) is 11.3 Å². The number of ether oxygens (including phenoxy) is 1. The number of thioether (sulfide) groups is 1. The van der Waals surface area contributed by atoms with E-state index < -0.39 is 11.9 Å². The summed E-state index contributed by atoms with van der Waals surface area (Å²) in [6, 6.07) is 8.14. The summed E-state index contributed by atoms with van der Waals surface area (Å²) in [5, 5.41) is 14.2. The van der Waals surface area contributed by atoms with E-state index in [1.807, 2.05) is 6.92 Å². The first kappa shape index (κ1) is 23.0. The van der Waals surface area contributed by atoms with Crippen molar-refractivity contribution in [2.24, 2.45) is 0 Å². The van der Waals surface area contributed by atoms with Gasteiger partial charge < -0.3 is 15.4 Å². The van der Waals surface area contributed by atoms with Gasteiger partial charge in [0.05, 0.1) is 23.6 Å². The highest BCUT2D eigenvalue weighted by atomic mass is 32.2. The number of esters is 1. The van der Waals surface area contributed by atoms with Gasteiger partial charge >= 0.3 is 5.97 Å². The standard InChI is InChI=1S/C20H22N4O5S/c1-2-3-10-29-19(27)15-6-4-5-7-16(15)23-18(26)14(11-21)12-22-8-9-24-17(25)13-30-20(24)28/h4-7,12,22H,2-3,8-10,13H2,1H3,(H,23,26)/b14-12-. The second-order valence-electron chi connectivity index (χ2n) is 6.21. The number of benzene rings is 1. The molecule has 9 nitrogen and oxygen atoms in total. The Balaban J connectivity index is 1.95. The second-order valence-corrected chi connectivity index (χ2v) is 7.14. The molecule has 1 aromatic carbocycles. The zero-order valence-corrected chi connectivity index (χ0v) is 17.3. The number of nitriles is 1. The average molecular weight is 430 g/mol. The number of carbonyl (C=O) groups excluding carboxylic acids is 4. The SMILES string of the molecule is CCCCOC(=O)c1ccccc1NC(=O)/C(C#N)=C\NCCN1C(=O)CSC1=O. The molecule has 30 heavy (non-hydrogen) atoms. The Morgan fingerprint density at radius 3 is 2.77 bits per heavy atom. The highest BCUT2D eigenvalue weighted by Crippen LogP contribution is 2.18. The van der Waals surface area contributed by atoms with Crippen LogP contribution in [-0.2, 0) is 14.3 Å². The van der Waals surface area contributed by atoms with Crippen LogP contribution in [0.3, 0.4) is 0 Å². The van der Waals surface area contributed by atoms with Gasteiger partial charge in [0.15, 0.2) is 0 Å². The number of carbonyl (C=O) groups is 4. The van der Waals surface area contributed by atoms with Crippen molar-refractivity contribution in [2.45, 2.75) is 19.8 Å². The molecule has 2 N–H and O–H groups in total. The number of amides is 3. The molecule has 0 spiro atoms. The molecule has 0 radical (unpaired) electrons. The van der Waals surface area contributed by atoms with Crippen molar-refractivity contribution in [1.82, 2.24) is 10.2 Å². The summed E-state index contributed by atoms with van der Waals surface area (Å²) in [5.41, 5.74) is 0.198. The predicted molar refractivity (Wildman–Crippen MR) is 112 cm³/mol. The van der Waals surface area contributed by atoms with E-state index in [1.165, 1.54) is 12.3 Å². The summed E-state index contributed by atoms with van der Waals surface area (Å²) in [5.74, 6) is -1.40. The van der Waals surface area contributed by atoms with Crippen molar-refractivity contribution < 1.29 is 23.9 Å². The Kier molecular flexibility index (Phi) is 8.90. The molecule has 1 aliphatic heterocycles. The van der Waals surface area contributed by atoms with E-state index in [1.54, 1.807) is 24.3 Å². The largest absolute Gasteiger partial charge is 0.462 e. The minimum atomic E-state index is -0.706. The Morgan fingerprint density at radius 2 is 2.10 bits per heavy atom. The minimum Gasteiger partial charge on any atom is -0.462 e. The molecular weight excluding hydrogens is 408 g/mol. The number of anilines is 1. The molecule has 1 aromatic rings. The van der Waals surface area contributed by atoms with Crippen LogP contribution in [0.25, 0.3) is 0 Å². The molecule has 1 aliphatic rings. The lowest BCUT2D eigenvalue weighted by Crippen LogP contribution is -2.34. The van der Waals surface area contributed by atoms with Crippen molar-refractivity contribution >= 4 is 40.5 Å². The van der Waals surface area contributed by atoms with Crippen molar-refractivity contribution in [3.63, 3.8) is 0 Å². The fraction of sp³-hybridized carbons (Fsp3) is 0.350. The van der Waals surface area contributed by atoms with E-state index in [4.69, 9.17) is 4.74 Å². The second kappa shape index (κ2) is 11.6. The van der Waals surface area contributed by atoms with Crippen LogP contribution in [0.4, 0.5) is 10.5 Å². The van der Waals surface area contributed by atoms with Gasteiger partial charge in [-0.05, 0) is 18.6 Å². The van der Waals surface area contributed by atoms with E-state index in [0.717, 1.165) is 29.5 Å². The van der Waals surface area contributed by atoms with Crippen molar-refractivity contribution in [2.75, 3.05) is 30.8 Å². The van der Waals surface area contributed by atoms with Gasteiger partial charge in [-0.3, -0.25) is 19.3 Å². The summed E-state index contributed by atoms with van der Waals surface area (Å²) in [4.78, 5) is 48.8. The molecule has 0 atom stereocenters. The highest BCUT2D eigenvalue weighted by Gasteiger charge is 2.29. The maximum atomic E-state index is 12.4. The molecule has 0 saturated carbocycles. The van der Waals surface area contributed by atoms with Gasteiger partial charge in [0.2, 0.25) is 5.91 Å². The lowest BCUT2D eigenvalue weighted by molar-refractivity contribution is -0.124. The molecule has 1 saturated heterocycles. The zero-order chi connectivity index (χ0) is 21.9. The number of rotatable bonds is 10. The lowest BCUT2D eigenvalue weighted by atomic mass is 10.1. The van der Waals surface area contributed by atoms with Crippen LogP contribution in [0.1, 0.15) is 30.1 Å². The monoisotopic (exact) mass is 430 g/mol. The molecule has 0 unspecified atom stereocenters. The minimum absolute atomic E-state index is 0.126. The number of nitrogens with zero attached hydrogens (tertiary/aromatic N) is 2. The fourth-order valence-electron chi connectivity index (χ4n) is 2.44. The first-order valence-electron chi connectivity index (χ1n) is 9.36. The topological polar surface area (TPSA) is 129 Å². The van der Waals surface area contributed by atoms with Crippen molar-refractivity contribution in [1.29, 1.82) is 5.26 Å². The quantitative estimate of drug-likeness (QED) is 0.250. The van der Waals surface area contributed by atoms with Gasteiger partial charge in [0.25, 0.3) is 11.1 Å². The van der Waals surface area contributed by atoms with Gasteiger partial charge in [0, 0.05) is 19.3 Å². The predicted octanol–water partition coefficient (Wildman–Crippen LogP) is 2.27. The number of nitrogens with one attached hydrogen (secondary N) is 2. The molecule has 0 aromatic heterocycles. The third-order valence-corrected chi connectivity index (χ3v) is 4.92. The van der Waals surface area contributed by atoms with Crippen LogP contribution in [-0.4, -0.2) is 53.4 Å². The van der Waals surface area contributed by atoms with E-state index in [0.29, 0.717) is 0 Å². The van der Waals surface area contributed by atoms with Crippen LogP contribution >= 0.6 is 11.8 Å². The van der Waals surface area contributed by atoms with Crippen molar-refractivity contribution in [3.8, 4) is 6.07 Å². The number of hydrogen-bond acceptors (Lipinski definition) is 8. The normalized spacial score (nSPS) is 13.7. The van der Waals surface area contributed by atoms with Gasteiger partial charge in [-0.15, -0.1) is 0 Å². The number of para-hydroxylation sites is 1. The molecule has 1 heterocycles. The maximum Gasteiger partial charge on any atom is 0.340 e. The van der Waals surface area contributed by atoms with Crippen LogP contribution < -0.4 is 10.6 Å². The van der Waals surface area contributed by atoms with E-state index >= 15 is 0 Å². The zero-order valence-electron chi connectivity index (χ0n) is 16.5. The third kappa shape index (κ3) is 6.35. The Hall–Kier alpha value is -3.32. The first-order valence-corrected chi connectivity index (χ1v) is 10.3. The molecule has 0 aliphatic carbocycles. The van der Waals surface area contributed by atoms with E-state index in [2.05, 4.69) is 10.6 Å². The number of hydrogen-bond donors (Lipinski definition) is 2. The van der Waals surface area contributed by atoms with E-state index in [9.17, 15) is 24.4 Å². The average Bonchev–Trinajstić information content (AvgIpc) is 3.06. The molecule has 158 valence electrons. The molecular formula is C20H22N4O5S. The van der Waals surface area contributed by atoms with Crippen molar-refractivity contribution in [3.05, 3.63) is 41.6 Å². The Morgan fingerprint density at radius 1 is 1.33 bits per heavy atom. The lowest BCUT2D eigenvalue weighted by Gasteiger charge is -2.12. The van der Waals surface area contributed by atoms with Crippen LogP contribution in [0.5, 0.6) is 0 Å². The summed E-state index contributed by atoms with van der Waals surface area (Å²) in [6.07, 6.45) is 2.82. The van der Waals surface area contributed by atoms with Crippen LogP contribution in [0.2, 0.25) is 0 Å². The molecule has 3 amide bonds. The molecule has 0 bridgehead atoms. The Labute approximate surface area is 178 Å².